The lowest BCUT2D eigenvalue weighted by atomic mass is 9.65. The normalized spacial score (nSPS) is 28.8. The zero-order valence-electron chi connectivity index (χ0n) is 22.4. The molecule has 3 aliphatic rings. The molecule has 2 unspecified atom stereocenters. The summed E-state index contributed by atoms with van der Waals surface area (Å²) in [7, 11) is 1.56. The highest BCUT2D eigenvalue weighted by Crippen LogP contribution is 2.64. The van der Waals surface area contributed by atoms with Gasteiger partial charge in [-0.15, -0.1) is 0 Å². The second-order valence-corrected chi connectivity index (χ2v) is 10.3. The maximum atomic E-state index is 13.9. The molecule has 2 aromatic carbocycles. The number of β-amino-alcohol motifs (C(OH)–C–C–N with tert-alkyl or cyclic N) is 1. The molecule has 3 heterocycles. The Balaban J connectivity index is 1.45. The van der Waals surface area contributed by atoms with E-state index < -0.39 is 35.0 Å². The first-order valence-electron chi connectivity index (χ1n) is 13.4. The molecule has 10 heteroatoms. The third-order valence-electron chi connectivity index (χ3n) is 8.34. The van der Waals surface area contributed by atoms with Crippen LogP contribution in [-0.4, -0.2) is 71.8 Å². The number of carbonyl (C=O) groups excluding carboxylic acids is 3. The molecule has 39 heavy (non-hydrogen) atoms. The molecule has 2 bridgehead atoms. The third-order valence-corrected chi connectivity index (χ3v) is 8.34. The molecule has 10 nitrogen and oxygen atoms in total. The lowest BCUT2D eigenvalue weighted by Crippen LogP contribution is -2.53. The number of nitrogens with zero attached hydrogens (tertiary/aromatic N) is 1. The Morgan fingerprint density at radius 2 is 1.62 bits per heavy atom. The van der Waals surface area contributed by atoms with E-state index in [4.69, 9.17) is 14.2 Å². The zero-order valence-corrected chi connectivity index (χ0v) is 22.4. The molecular weight excluding hydrogens is 502 g/mol. The summed E-state index contributed by atoms with van der Waals surface area (Å²) in [6.45, 7) is 4.03. The summed E-state index contributed by atoms with van der Waals surface area (Å²) in [6.07, 6.45) is 1.54. The number of carbonyl (C=O) groups is 3. The van der Waals surface area contributed by atoms with Crippen LogP contribution in [-0.2, 0) is 19.1 Å². The number of hydrogen-bond acceptors (Lipinski definition) is 7. The van der Waals surface area contributed by atoms with E-state index in [2.05, 4.69) is 10.6 Å². The monoisotopic (exact) mass is 537 g/mol. The molecule has 0 radical (unpaired) electrons. The van der Waals surface area contributed by atoms with Crippen molar-refractivity contribution in [3.8, 4) is 11.5 Å². The lowest BCUT2D eigenvalue weighted by Gasteiger charge is -2.33. The lowest BCUT2D eigenvalue weighted by molar-refractivity contribution is -0.144. The third kappa shape index (κ3) is 4.41. The number of ether oxygens (including phenoxy) is 3. The van der Waals surface area contributed by atoms with Gasteiger partial charge in [-0.05, 0) is 74.7 Å². The van der Waals surface area contributed by atoms with Crippen molar-refractivity contribution in [3.05, 3.63) is 48.5 Å². The average Bonchev–Trinajstić information content (AvgIpc) is 3.54. The van der Waals surface area contributed by atoms with Gasteiger partial charge in [-0.2, -0.15) is 0 Å². The van der Waals surface area contributed by atoms with E-state index in [1.807, 2.05) is 13.8 Å². The number of fused-ring (bicyclic) bond motifs is 1. The highest BCUT2D eigenvalue weighted by molar-refractivity contribution is 6.05. The Labute approximate surface area is 227 Å². The molecule has 208 valence electrons. The average molecular weight is 538 g/mol. The van der Waals surface area contributed by atoms with Gasteiger partial charge in [-0.1, -0.05) is 6.92 Å². The quantitative estimate of drug-likeness (QED) is 0.425. The molecule has 2 aromatic rings. The van der Waals surface area contributed by atoms with Gasteiger partial charge in [0.1, 0.15) is 23.1 Å². The molecule has 0 aromatic heterocycles. The van der Waals surface area contributed by atoms with Crippen LogP contribution in [0.25, 0.3) is 0 Å². The van der Waals surface area contributed by atoms with Crippen molar-refractivity contribution in [2.45, 2.75) is 50.4 Å². The number of aliphatic hydroxyl groups excluding tert-OH is 1. The number of aliphatic hydroxyl groups is 1. The summed E-state index contributed by atoms with van der Waals surface area (Å²) >= 11 is 0. The predicted octanol–water partition coefficient (Wildman–Crippen LogP) is 2.82. The van der Waals surface area contributed by atoms with Crippen LogP contribution in [0.2, 0.25) is 0 Å². The minimum Gasteiger partial charge on any atom is -0.497 e. The molecule has 3 saturated heterocycles. The van der Waals surface area contributed by atoms with Gasteiger partial charge in [0, 0.05) is 17.9 Å². The fraction of sp³-hybridized carbons (Fsp3) is 0.483. The van der Waals surface area contributed by atoms with Crippen LogP contribution in [0.5, 0.6) is 11.5 Å². The largest absolute Gasteiger partial charge is 0.497 e. The summed E-state index contributed by atoms with van der Waals surface area (Å²) in [5.74, 6) is -1.36. The molecule has 5 rings (SSSR count). The number of hydrogen-bond donors (Lipinski definition) is 3. The fourth-order valence-electron chi connectivity index (χ4n) is 6.67. The van der Waals surface area contributed by atoms with Crippen molar-refractivity contribution in [1.29, 1.82) is 0 Å². The van der Waals surface area contributed by atoms with Gasteiger partial charge >= 0.3 is 0 Å². The van der Waals surface area contributed by atoms with Crippen molar-refractivity contribution in [3.63, 3.8) is 0 Å². The highest BCUT2D eigenvalue weighted by atomic mass is 16.5. The maximum Gasteiger partial charge on any atom is 0.250 e. The van der Waals surface area contributed by atoms with E-state index in [0.29, 0.717) is 48.7 Å². The Morgan fingerprint density at radius 3 is 2.18 bits per heavy atom. The van der Waals surface area contributed by atoms with Crippen LogP contribution in [0, 0.1) is 11.8 Å². The van der Waals surface area contributed by atoms with Crippen LogP contribution in [0.15, 0.2) is 48.5 Å². The fourth-order valence-corrected chi connectivity index (χ4v) is 6.67. The maximum absolute atomic E-state index is 13.9. The first-order valence-corrected chi connectivity index (χ1v) is 13.4. The molecule has 3 fully saturated rings. The topological polar surface area (TPSA) is 126 Å². The minimum absolute atomic E-state index is 0.0342. The number of benzene rings is 2. The zero-order chi connectivity index (χ0) is 27.8. The van der Waals surface area contributed by atoms with Crippen LogP contribution >= 0.6 is 0 Å². The second-order valence-electron chi connectivity index (χ2n) is 10.3. The van der Waals surface area contributed by atoms with Crippen molar-refractivity contribution < 1.29 is 33.7 Å². The van der Waals surface area contributed by atoms with E-state index >= 15 is 0 Å². The summed E-state index contributed by atoms with van der Waals surface area (Å²) in [5, 5.41) is 15.6. The van der Waals surface area contributed by atoms with Crippen LogP contribution in [0.4, 0.5) is 11.4 Å². The molecular formula is C29H35N3O7. The first-order chi connectivity index (χ1) is 18.8. The van der Waals surface area contributed by atoms with Gasteiger partial charge in [0.25, 0.3) is 0 Å². The standard InChI is InChI=1S/C29H35N3O7/c1-4-28-14-15-29(39-28)23(22(28)25(34)30-18-8-12-21(13-9-18)38-5-2)27(36)32(16-17-33)24(29)26(35)31-19-6-10-20(37-3)11-7-19/h6-13,22-24,33H,4-5,14-17H2,1-3H3,(H,30,34)(H,31,35)/t22-,23-,24?,28+,29?/m0/s1. The molecule has 3 aliphatic heterocycles. The summed E-state index contributed by atoms with van der Waals surface area (Å²) in [5.41, 5.74) is -0.906. The SMILES string of the molecule is CCOc1ccc(NC(=O)[C@@H]2[C@H]3C(=O)N(CCO)C(C(=O)Nc4ccc(OC)cc4)C34CC[C@@]2(CC)O4)cc1. The van der Waals surface area contributed by atoms with Crippen LogP contribution in [0.3, 0.4) is 0 Å². The van der Waals surface area contributed by atoms with Crippen molar-refractivity contribution in [1.82, 2.24) is 4.90 Å². The smallest absolute Gasteiger partial charge is 0.250 e. The molecule has 1 spiro atoms. The van der Waals surface area contributed by atoms with Gasteiger partial charge in [-0.3, -0.25) is 14.4 Å². The molecule has 5 atom stereocenters. The Kier molecular flexibility index (Phi) is 7.26. The van der Waals surface area contributed by atoms with Gasteiger partial charge in [-0.25, -0.2) is 0 Å². The van der Waals surface area contributed by atoms with Gasteiger partial charge in [0.2, 0.25) is 17.7 Å². The number of amides is 3. The van der Waals surface area contributed by atoms with Gasteiger partial charge in [0.15, 0.2) is 0 Å². The number of likely N-dealkylation sites (tertiary alicyclic amines) is 1. The molecule has 0 saturated carbocycles. The predicted molar refractivity (Wildman–Crippen MR) is 144 cm³/mol. The Morgan fingerprint density at radius 1 is 1.00 bits per heavy atom. The van der Waals surface area contributed by atoms with Gasteiger partial charge < -0.3 is 34.9 Å². The summed E-state index contributed by atoms with van der Waals surface area (Å²) in [4.78, 5) is 42.8. The number of anilines is 2. The van der Waals surface area contributed by atoms with Crippen LogP contribution in [0.1, 0.15) is 33.1 Å². The number of rotatable bonds is 10. The van der Waals surface area contributed by atoms with Crippen LogP contribution < -0.4 is 20.1 Å². The Hall–Kier alpha value is -3.63. The van der Waals surface area contributed by atoms with Crippen molar-refractivity contribution >= 4 is 29.1 Å². The van der Waals surface area contributed by atoms with Crippen molar-refractivity contribution in [2.75, 3.05) is 37.5 Å². The van der Waals surface area contributed by atoms with E-state index in [-0.39, 0.29) is 25.0 Å². The number of nitrogens with one attached hydrogen (secondary N) is 2. The summed E-state index contributed by atoms with van der Waals surface area (Å²) < 4.78 is 17.4. The first kappa shape index (κ1) is 27.0. The van der Waals surface area contributed by atoms with E-state index in [1.54, 1.807) is 55.6 Å². The number of methoxy groups -OCH3 is 1. The second kappa shape index (κ2) is 10.5. The Bertz CT molecular complexity index is 1230. The highest BCUT2D eigenvalue weighted by Gasteiger charge is 2.78. The van der Waals surface area contributed by atoms with E-state index in [9.17, 15) is 19.5 Å². The van der Waals surface area contributed by atoms with Crippen molar-refractivity contribution in [2.24, 2.45) is 11.8 Å². The minimum atomic E-state index is -1.17. The van der Waals surface area contributed by atoms with Gasteiger partial charge in [0.05, 0.1) is 37.8 Å². The molecule has 3 N–H and O–H groups in total. The summed E-state index contributed by atoms with van der Waals surface area (Å²) in [6, 6.07) is 13.0. The molecule has 3 amide bonds. The van der Waals surface area contributed by atoms with E-state index in [0.717, 1.165) is 0 Å². The molecule has 0 aliphatic carbocycles. The van der Waals surface area contributed by atoms with E-state index in [1.165, 1.54) is 4.90 Å².